The van der Waals surface area contributed by atoms with Crippen molar-refractivity contribution in [2.24, 2.45) is 0 Å². The number of nitrogens with zero attached hydrogens (tertiary/aromatic N) is 1. The standard InChI is InChI=1S/C12H18ClNO2/c1-12(2,3)16-8-7-15-11-10(9-13)5-4-6-14-11/h4-6H,7-9H2,1-3H3. The molecule has 0 spiro atoms. The molecule has 16 heavy (non-hydrogen) atoms. The predicted molar refractivity (Wildman–Crippen MR) is 65.0 cm³/mol. The predicted octanol–water partition coefficient (Wildman–Crippen LogP) is 3.01. The Hall–Kier alpha value is -0.800. The summed E-state index contributed by atoms with van der Waals surface area (Å²) in [5, 5.41) is 0. The van der Waals surface area contributed by atoms with Crippen LogP contribution in [0.25, 0.3) is 0 Å². The lowest BCUT2D eigenvalue weighted by molar-refractivity contribution is -0.0168. The third-order valence-electron chi connectivity index (χ3n) is 1.85. The smallest absolute Gasteiger partial charge is 0.217 e. The maximum Gasteiger partial charge on any atom is 0.217 e. The van der Waals surface area contributed by atoms with Crippen LogP contribution in [-0.2, 0) is 10.6 Å². The average Bonchev–Trinajstić information content (AvgIpc) is 2.23. The van der Waals surface area contributed by atoms with Crippen molar-refractivity contribution in [3.8, 4) is 5.88 Å². The van der Waals surface area contributed by atoms with Gasteiger partial charge < -0.3 is 9.47 Å². The van der Waals surface area contributed by atoms with Crippen LogP contribution in [0.3, 0.4) is 0 Å². The van der Waals surface area contributed by atoms with E-state index >= 15 is 0 Å². The van der Waals surface area contributed by atoms with Gasteiger partial charge in [-0.25, -0.2) is 4.98 Å². The first-order chi connectivity index (χ1) is 7.53. The Morgan fingerprint density at radius 2 is 2.06 bits per heavy atom. The Labute approximate surface area is 102 Å². The summed E-state index contributed by atoms with van der Waals surface area (Å²) in [4.78, 5) is 4.12. The number of hydrogen-bond donors (Lipinski definition) is 0. The minimum Gasteiger partial charge on any atom is -0.475 e. The van der Waals surface area contributed by atoms with Gasteiger partial charge in [-0.1, -0.05) is 6.07 Å². The van der Waals surface area contributed by atoms with Crippen LogP contribution in [0.15, 0.2) is 18.3 Å². The molecule has 0 unspecified atom stereocenters. The van der Waals surface area contributed by atoms with Crippen LogP contribution in [0.2, 0.25) is 0 Å². The number of alkyl halides is 1. The molecule has 0 atom stereocenters. The van der Waals surface area contributed by atoms with Crippen molar-refractivity contribution in [1.29, 1.82) is 0 Å². The van der Waals surface area contributed by atoms with E-state index in [-0.39, 0.29) is 5.60 Å². The van der Waals surface area contributed by atoms with E-state index in [2.05, 4.69) is 4.98 Å². The summed E-state index contributed by atoms with van der Waals surface area (Å²) in [6.07, 6.45) is 1.69. The summed E-state index contributed by atoms with van der Waals surface area (Å²) >= 11 is 5.77. The van der Waals surface area contributed by atoms with Crippen LogP contribution in [0.1, 0.15) is 26.3 Å². The van der Waals surface area contributed by atoms with E-state index in [0.717, 1.165) is 5.56 Å². The van der Waals surface area contributed by atoms with Gasteiger partial charge in [-0.2, -0.15) is 0 Å². The van der Waals surface area contributed by atoms with Gasteiger partial charge in [0.15, 0.2) is 0 Å². The Kier molecular flexibility index (Phi) is 5.03. The van der Waals surface area contributed by atoms with E-state index in [9.17, 15) is 0 Å². The molecular formula is C12H18ClNO2. The van der Waals surface area contributed by atoms with Crippen LogP contribution in [0, 0.1) is 0 Å². The third-order valence-corrected chi connectivity index (χ3v) is 2.14. The van der Waals surface area contributed by atoms with E-state index in [1.54, 1.807) is 6.20 Å². The topological polar surface area (TPSA) is 31.4 Å². The summed E-state index contributed by atoms with van der Waals surface area (Å²) in [7, 11) is 0. The molecule has 0 radical (unpaired) electrons. The first-order valence-electron chi connectivity index (χ1n) is 5.29. The molecule has 90 valence electrons. The molecule has 0 bridgehead atoms. The maximum atomic E-state index is 5.77. The number of ether oxygens (including phenoxy) is 2. The van der Waals surface area contributed by atoms with Gasteiger partial charge in [0.1, 0.15) is 6.61 Å². The molecule has 4 heteroatoms. The minimum atomic E-state index is -0.136. The van der Waals surface area contributed by atoms with Gasteiger partial charge >= 0.3 is 0 Å². The fraction of sp³-hybridized carbons (Fsp3) is 0.583. The summed E-state index contributed by atoms with van der Waals surface area (Å²) in [6, 6.07) is 3.75. The van der Waals surface area contributed by atoms with Crippen molar-refractivity contribution in [3.63, 3.8) is 0 Å². The second-order valence-corrected chi connectivity index (χ2v) is 4.68. The highest BCUT2D eigenvalue weighted by Gasteiger charge is 2.10. The molecule has 1 aromatic heterocycles. The highest BCUT2D eigenvalue weighted by molar-refractivity contribution is 6.17. The molecule has 0 aliphatic heterocycles. The largest absolute Gasteiger partial charge is 0.475 e. The number of halogens is 1. The quantitative estimate of drug-likeness (QED) is 0.589. The number of pyridine rings is 1. The SMILES string of the molecule is CC(C)(C)OCCOc1ncccc1CCl. The zero-order valence-electron chi connectivity index (χ0n) is 10.00. The first kappa shape index (κ1) is 13.3. The highest BCUT2D eigenvalue weighted by atomic mass is 35.5. The molecule has 0 amide bonds. The average molecular weight is 244 g/mol. The third kappa shape index (κ3) is 4.81. The van der Waals surface area contributed by atoms with Gasteiger partial charge in [-0.3, -0.25) is 0 Å². The number of hydrogen-bond acceptors (Lipinski definition) is 3. The van der Waals surface area contributed by atoms with Crippen molar-refractivity contribution in [1.82, 2.24) is 4.98 Å². The Morgan fingerprint density at radius 1 is 1.31 bits per heavy atom. The fourth-order valence-corrected chi connectivity index (χ4v) is 1.35. The molecule has 0 aliphatic carbocycles. The molecule has 0 N–H and O–H groups in total. The fourth-order valence-electron chi connectivity index (χ4n) is 1.14. The molecular weight excluding hydrogens is 226 g/mol. The lowest BCUT2D eigenvalue weighted by Crippen LogP contribution is -2.22. The summed E-state index contributed by atoms with van der Waals surface area (Å²) in [5.74, 6) is 0.999. The zero-order chi connectivity index (χ0) is 12.0. The van der Waals surface area contributed by atoms with Crippen molar-refractivity contribution >= 4 is 11.6 Å². The van der Waals surface area contributed by atoms with Crippen LogP contribution in [0.5, 0.6) is 5.88 Å². The van der Waals surface area contributed by atoms with Crippen LogP contribution in [-0.4, -0.2) is 23.8 Å². The van der Waals surface area contributed by atoms with Crippen LogP contribution >= 0.6 is 11.6 Å². The van der Waals surface area contributed by atoms with E-state index in [1.165, 1.54) is 0 Å². The molecule has 1 aromatic rings. The molecule has 0 aliphatic rings. The number of rotatable bonds is 5. The second kappa shape index (κ2) is 6.06. The summed E-state index contributed by atoms with van der Waals surface area (Å²) in [6.45, 7) is 7.06. The van der Waals surface area contributed by atoms with Crippen molar-refractivity contribution in [2.45, 2.75) is 32.3 Å². The van der Waals surface area contributed by atoms with Crippen molar-refractivity contribution in [2.75, 3.05) is 13.2 Å². The van der Waals surface area contributed by atoms with Gasteiger partial charge in [0.2, 0.25) is 5.88 Å². The summed E-state index contributed by atoms with van der Waals surface area (Å²) < 4.78 is 11.0. The molecule has 0 fully saturated rings. The lowest BCUT2D eigenvalue weighted by Gasteiger charge is -2.19. The number of aromatic nitrogens is 1. The van der Waals surface area contributed by atoms with Crippen LogP contribution < -0.4 is 4.74 Å². The highest BCUT2D eigenvalue weighted by Crippen LogP contribution is 2.16. The Bertz CT molecular complexity index is 323. The molecule has 3 nitrogen and oxygen atoms in total. The monoisotopic (exact) mass is 243 g/mol. The van der Waals surface area contributed by atoms with Gasteiger partial charge in [0.05, 0.1) is 18.1 Å². The van der Waals surface area contributed by atoms with Gasteiger partial charge in [0.25, 0.3) is 0 Å². The van der Waals surface area contributed by atoms with Crippen molar-refractivity contribution < 1.29 is 9.47 Å². The van der Waals surface area contributed by atoms with Gasteiger partial charge in [0, 0.05) is 11.8 Å². The van der Waals surface area contributed by atoms with E-state index in [4.69, 9.17) is 21.1 Å². The maximum absolute atomic E-state index is 5.77. The van der Waals surface area contributed by atoms with E-state index in [1.807, 2.05) is 32.9 Å². The van der Waals surface area contributed by atoms with Crippen molar-refractivity contribution in [3.05, 3.63) is 23.9 Å². The van der Waals surface area contributed by atoms with Gasteiger partial charge in [-0.05, 0) is 26.8 Å². The molecule has 1 heterocycles. The second-order valence-electron chi connectivity index (χ2n) is 4.41. The molecule has 0 saturated carbocycles. The molecule has 0 saturated heterocycles. The first-order valence-corrected chi connectivity index (χ1v) is 5.83. The van der Waals surface area contributed by atoms with E-state index < -0.39 is 0 Å². The van der Waals surface area contributed by atoms with Gasteiger partial charge in [-0.15, -0.1) is 11.6 Å². The molecule has 1 rings (SSSR count). The Balaban J connectivity index is 2.37. The zero-order valence-corrected chi connectivity index (χ0v) is 10.8. The lowest BCUT2D eigenvalue weighted by atomic mass is 10.2. The molecule has 0 aromatic carbocycles. The van der Waals surface area contributed by atoms with Crippen LogP contribution in [0.4, 0.5) is 0 Å². The Morgan fingerprint density at radius 3 is 2.69 bits per heavy atom. The van der Waals surface area contributed by atoms with E-state index in [0.29, 0.717) is 25.0 Å². The summed E-state index contributed by atoms with van der Waals surface area (Å²) in [5.41, 5.74) is 0.767. The minimum absolute atomic E-state index is 0.136. The normalized spacial score (nSPS) is 11.5.